The van der Waals surface area contributed by atoms with Gasteiger partial charge in [-0.05, 0) is 65.8 Å². The van der Waals surface area contributed by atoms with Crippen molar-refractivity contribution in [3.8, 4) is 0 Å². The summed E-state index contributed by atoms with van der Waals surface area (Å²) >= 11 is 0. The number of amides is 2. The molecule has 2 rings (SSSR count). The second-order valence-electron chi connectivity index (χ2n) is 8.65. The van der Waals surface area contributed by atoms with Gasteiger partial charge in [-0.15, -0.1) is 0 Å². The smallest absolute Gasteiger partial charge is 0.407 e. The lowest BCUT2D eigenvalue weighted by Crippen LogP contribution is -2.53. The number of hydrogen-bond donors (Lipinski definition) is 1. The lowest BCUT2D eigenvalue weighted by atomic mass is 9.99. The maximum atomic E-state index is 12.9. The molecule has 0 aromatic carbocycles. The summed E-state index contributed by atoms with van der Waals surface area (Å²) in [6.07, 6.45) is 7.42. The standard InChI is InChI=1S/C20H37N3O3/c1-5-16-10-7-9-13-23(16)18(24)15-22-12-8-6-11-17(22)14-21-19(25)26-20(2,3)4/h16-17H,5-15H2,1-4H3,(H,21,25). The van der Waals surface area contributed by atoms with Gasteiger partial charge in [0.2, 0.25) is 5.91 Å². The number of ether oxygens (including phenoxy) is 1. The van der Waals surface area contributed by atoms with Crippen LogP contribution in [0, 0.1) is 0 Å². The molecule has 2 fully saturated rings. The van der Waals surface area contributed by atoms with Crippen molar-refractivity contribution >= 4 is 12.0 Å². The predicted molar refractivity (Wildman–Crippen MR) is 103 cm³/mol. The van der Waals surface area contributed by atoms with E-state index in [1.54, 1.807) is 0 Å². The molecule has 0 saturated carbocycles. The van der Waals surface area contributed by atoms with Crippen LogP contribution in [0.4, 0.5) is 4.79 Å². The Balaban J connectivity index is 1.87. The third kappa shape index (κ3) is 6.45. The van der Waals surface area contributed by atoms with Gasteiger partial charge in [0.25, 0.3) is 0 Å². The molecule has 26 heavy (non-hydrogen) atoms. The van der Waals surface area contributed by atoms with Gasteiger partial charge in [0.05, 0.1) is 6.54 Å². The summed E-state index contributed by atoms with van der Waals surface area (Å²) in [5, 5.41) is 2.88. The van der Waals surface area contributed by atoms with E-state index in [9.17, 15) is 9.59 Å². The van der Waals surface area contributed by atoms with Crippen LogP contribution in [-0.4, -0.2) is 65.7 Å². The van der Waals surface area contributed by atoms with Gasteiger partial charge >= 0.3 is 6.09 Å². The predicted octanol–water partition coefficient (Wildman–Crippen LogP) is 3.16. The minimum atomic E-state index is -0.490. The summed E-state index contributed by atoms with van der Waals surface area (Å²) in [6.45, 7) is 10.6. The normalized spacial score (nSPS) is 25.0. The zero-order chi connectivity index (χ0) is 19.2. The van der Waals surface area contributed by atoms with Crippen molar-refractivity contribution in [2.45, 2.75) is 90.3 Å². The van der Waals surface area contributed by atoms with Crippen molar-refractivity contribution in [1.82, 2.24) is 15.1 Å². The molecule has 0 aromatic rings. The molecular formula is C20H37N3O3. The Hall–Kier alpha value is -1.30. The molecule has 2 unspecified atom stereocenters. The van der Waals surface area contributed by atoms with Gasteiger partial charge in [-0.1, -0.05) is 13.3 Å². The van der Waals surface area contributed by atoms with Crippen LogP contribution in [0.5, 0.6) is 0 Å². The molecule has 2 atom stereocenters. The summed E-state index contributed by atoms with van der Waals surface area (Å²) in [6, 6.07) is 0.615. The Bertz CT molecular complexity index is 475. The van der Waals surface area contributed by atoms with E-state index < -0.39 is 5.60 Å². The molecule has 2 aliphatic rings. The lowest BCUT2D eigenvalue weighted by Gasteiger charge is -2.40. The third-order valence-corrected chi connectivity index (χ3v) is 5.39. The van der Waals surface area contributed by atoms with Gasteiger partial charge in [-0.25, -0.2) is 4.79 Å². The first-order valence-corrected chi connectivity index (χ1v) is 10.3. The molecule has 6 heteroatoms. The summed E-state index contributed by atoms with van der Waals surface area (Å²) < 4.78 is 5.33. The monoisotopic (exact) mass is 367 g/mol. The molecule has 0 aromatic heterocycles. The van der Waals surface area contributed by atoms with Crippen LogP contribution in [0.15, 0.2) is 0 Å². The van der Waals surface area contributed by atoms with E-state index in [2.05, 4.69) is 22.0 Å². The highest BCUT2D eigenvalue weighted by molar-refractivity contribution is 5.78. The van der Waals surface area contributed by atoms with Gasteiger partial charge in [-0.3, -0.25) is 9.69 Å². The number of carbonyl (C=O) groups is 2. The Labute approximate surface area is 158 Å². The first-order valence-electron chi connectivity index (χ1n) is 10.3. The van der Waals surface area contributed by atoms with Crippen LogP contribution >= 0.6 is 0 Å². The van der Waals surface area contributed by atoms with Crippen LogP contribution in [-0.2, 0) is 9.53 Å². The van der Waals surface area contributed by atoms with Crippen molar-refractivity contribution in [3.05, 3.63) is 0 Å². The second-order valence-corrected chi connectivity index (χ2v) is 8.65. The molecule has 2 saturated heterocycles. The Morgan fingerprint density at radius 3 is 2.35 bits per heavy atom. The fraction of sp³-hybridized carbons (Fsp3) is 0.900. The Morgan fingerprint density at radius 1 is 1.04 bits per heavy atom. The number of nitrogens with one attached hydrogen (secondary N) is 1. The highest BCUT2D eigenvalue weighted by Gasteiger charge is 2.30. The number of alkyl carbamates (subject to hydrolysis) is 1. The number of hydrogen-bond acceptors (Lipinski definition) is 4. The minimum Gasteiger partial charge on any atom is -0.444 e. The fourth-order valence-electron chi connectivity index (χ4n) is 4.03. The van der Waals surface area contributed by atoms with Crippen molar-refractivity contribution in [2.24, 2.45) is 0 Å². The first kappa shape index (κ1) is 21.0. The lowest BCUT2D eigenvalue weighted by molar-refractivity contribution is -0.137. The Kier molecular flexibility index (Phi) is 7.74. The van der Waals surface area contributed by atoms with E-state index in [1.807, 2.05) is 20.8 Å². The fourth-order valence-corrected chi connectivity index (χ4v) is 4.03. The molecule has 2 amide bonds. The van der Waals surface area contributed by atoms with E-state index in [-0.39, 0.29) is 18.0 Å². The molecule has 150 valence electrons. The van der Waals surface area contributed by atoms with Crippen molar-refractivity contribution in [1.29, 1.82) is 0 Å². The second kappa shape index (κ2) is 9.58. The zero-order valence-corrected chi connectivity index (χ0v) is 17.1. The van der Waals surface area contributed by atoms with Gasteiger partial charge < -0.3 is 15.0 Å². The maximum Gasteiger partial charge on any atom is 0.407 e. The average molecular weight is 368 g/mol. The number of rotatable bonds is 5. The average Bonchev–Trinajstić information content (AvgIpc) is 2.59. The first-order chi connectivity index (χ1) is 12.3. The minimum absolute atomic E-state index is 0.213. The van der Waals surface area contributed by atoms with Gasteiger partial charge in [0.15, 0.2) is 0 Å². The summed E-state index contributed by atoms with van der Waals surface area (Å²) in [4.78, 5) is 29.2. The highest BCUT2D eigenvalue weighted by Crippen LogP contribution is 2.22. The molecule has 0 bridgehead atoms. The van der Waals surface area contributed by atoms with Gasteiger partial charge in [0, 0.05) is 25.2 Å². The van der Waals surface area contributed by atoms with E-state index >= 15 is 0 Å². The molecule has 0 aliphatic carbocycles. The number of piperidine rings is 2. The van der Waals surface area contributed by atoms with E-state index in [0.717, 1.165) is 51.6 Å². The van der Waals surface area contributed by atoms with E-state index in [1.165, 1.54) is 6.42 Å². The van der Waals surface area contributed by atoms with E-state index in [0.29, 0.717) is 19.1 Å². The van der Waals surface area contributed by atoms with Crippen LogP contribution in [0.25, 0.3) is 0 Å². The SMILES string of the molecule is CCC1CCCCN1C(=O)CN1CCCCC1CNC(=O)OC(C)(C)C. The maximum absolute atomic E-state index is 12.9. The number of likely N-dealkylation sites (tertiary alicyclic amines) is 2. The summed E-state index contributed by atoms with van der Waals surface area (Å²) in [5.74, 6) is 0.251. The quantitative estimate of drug-likeness (QED) is 0.811. The molecule has 6 nitrogen and oxygen atoms in total. The van der Waals surface area contributed by atoms with Gasteiger partial charge in [-0.2, -0.15) is 0 Å². The molecule has 0 spiro atoms. The van der Waals surface area contributed by atoms with Crippen molar-refractivity contribution in [2.75, 3.05) is 26.2 Å². The Morgan fingerprint density at radius 2 is 1.69 bits per heavy atom. The van der Waals surface area contributed by atoms with Crippen LogP contribution in [0.1, 0.15) is 72.6 Å². The van der Waals surface area contributed by atoms with Crippen LogP contribution in [0.3, 0.4) is 0 Å². The number of nitrogens with zero attached hydrogens (tertiary/aromatic N) is 2. The topological polar surface area (TPSA) is 61.9 Å². The molecule has 1 N–H and O–H groups in total. The molecule has 2 aliphatic heterocycles. The molecule has 0 radical (unpaired) electrons. The van der Waals surface area contributed by atoms with Crippen LogP contribution in [0.2, 0.25) is 0 Å². The largest absolute Gasteiger partial charge is 0.444 e. The molecular weight excluding hydrogens is 330 g/mol. The third-order valence-electron chi connectivity index (χ3n) is 5.39. The summed E-state index contributed by atoms with van der Waals surface area (Å²) in [7, 11) is 0. The van der Waals surface area contributed by atoms with Crippen molar-refractivity contribution < 1.29 is 14.3 Å². The highest BCUT2D eigenvalue weighted by atomic mass is 16.6. The van der Waals surface area contributed by atoms with E-state index in [4.69, 9.17) is 4.74 Å². The summed E-state index contributed by atoms with van der Waals surface area (Å²) in [5.41, 5.74) is -0.490. The van der Waals surface area contributed by atoms with Crippen LogP contribution < -0.4 is 5.32 Å². The van der Waals surface area contributed by atoms with Crippen molar-refractivity contribution in [3.63, 3.8) is 0 Å². The van der Waals surface area contributed by atoms with Gasteiger partial charge in [0.1, 0.15) is 5.60 Å². The molecule has 2 heterocycles. The number of carbonyl (C=O) groups excluding carboxylic acids is 2. The zero-order valence-electron chi connectivity index (χ0n) is 17.1.